The topological polar surface area (TPSA) is 56.5 Å². The van der Waals surface area contributed by atoms with E-state index in [-0.39, 0.29) is 40.5 Å². The molecular formula is C50H90O4. The highest BCUT2D eigenvalue weighted by Crippen LogP contribution is 2.63. The third-order valence-electron chi connectivity index (χ3n) is 14.4. The summed E-state index contributed by atoms with van der Waals surface area (Å²) < 4.78 is 12.5. The van der Waals surface area contributed by atoms with Gasteiger partial charge in [0.2, 0.25) is 0 Å². The number of allylic oxidation sites excluding steroid dienone is 1. The number of hydrogen-bond acceptors (Lipinski definition) is 4. The SMILES string of the molecule is CCCCC(C)CC(=Cc1ccc(C)o1)C(=O)C(C)(C)C(CC(C)CCCC)C(C)(C)C(C)(C)C(C(CC)C(C)C)C(C)(CC)C(=O)OC(C)CCCC. The number of hydrogen-bond donors (Lipinski definition) is 0. The quantitative estimate of drug-likeness (QED) is 0.0663. The van der Waals surface area contributed by atoms with Gasteiger partial charge in [0.15, 0.2) is 5.78 Å². The lowest BCUT2D eigenvalue weighted by atomic mass is 9.43. The van der Waals surface area contributed by atoms with Crippen LogP contribution in [0.5, 0.6) is 0 Å². The molecule has 0 aliphatic rings. The number of aryl methyl sites for hydroxylation is 1. The number of ether oxygens (including phenoxy) is 1. The summed E-state index contributed by atoms with van der Waals surface area (Å²) in [5, 5.41) is 0. The number of carbonyl (C=O) groups is 2. The molecule has 0 amide bonds. The molecule has 4 heteroatoms. The van der Waals surface area contributed by atoms with Gasteiger partial charge in [-0.05, 0) is 117 Å². The number of Topliss-reactive ketones (excluding diaryl/α,β-unsaturated/α-hetero) is 1. The Bertz CT molecular complexity index is 1280. The van der Waals surface area contributed by atoms with E-state index >= 15 is 4.79 Å². The smallest absolute Gasteiger partial charge is 0.312 e. The summed E-state index contributed by atoms with van der Waals surface area (Å²) in [7, 11) is 0. The van der Waals surface area contributed by atoms with E-state index in [0.717, 1.165) is 81.3 Å². The zero-order chi connectivity index (χ0) is 41.7. The molecule has 54 heavy (non-hydrogen) atoms. The first-order valence-electron chi connectivity index (χ1n) is 22.6. The Morgan fingerprint density at radius 2 is 1.30 bits per heavy atom. The number of esters is 1. The van der Waals surface area contributed by atoms with Gasteiger partial charge in [-0.3, -0.25) is 9.59 Å². The second-order valence-corrected chi connectivity index (χ2v) is 20.0. The third-order valence-corrected chi connectivity index (χ3v) is 14.4. The van der Waals surface area contributed by atoms with Crippen molar-refractivity contribution in [3.63, 3.8) is 0 Å². The molecule has 4 nitrogen and oxygen atoms in total. The van der Waals surface area contributed by atoms with Crippen molar-refractivity contribution in [2.75, 3.05) is 0 Å². The van der Waals surface area contributed by atoms with Crippen molar-refractivity contribution in [2.24, 2.45) is 57.2 Å². The summed E-state index contributed by atoms with van der Waals surface area (Å²) >= 11 is 0. The Morgan fingerprint density at radius 1 is 0.759 bits per heavy atom. The molecule has 0 fully saturated rings. The molecule has 7 unspecified atom stereocenters. The standard InChI is InChI=1S/C50H90O4/c1-19-24-27-36(8)32-40(34-41-31-30-39(11)53-41)45(51)47(12,13)43(33-37(9)28-25-20-2)48(14,15)49(16,17)44(42(22-4)35(6)7)50(18,23-5)46(52)54-38(10)29-26-21-3/h30-31,34-38,42-44H,19-29,32-33H2,1-18H3. The Balaban J connectivity index is 4.09. The third kappa shape index (κ3) is 12.8. The van der Waals surface area contributed by atoms with E-state index in [1.165, 1.54) is 12.8 Å². The average Bonchev–Trinajstić information content (AvgIpc) is 3.52. The monoisotopic (exact) mass is 755 g/mol. The summed E-state index contributed by atoms with van der Waals surface area (Å²) in [5.41, 5.74) is -1.13. The van der Waals surface area contributed by atoms with Crippen molar-refractivity contribution < 1.29 is 18.7 Å². The highest BCUT2D eigenvalue weighted by Gasteiger charge is 2.60. The molecular weight excluding hydrogens is 665 g/mol. The molecule has 1 aromatic rings. The van der Waals surface area contributed by atoms with Crippen molar-refractivity contribution in [1.82, 2.24) is 0 Å². The van der Waals surface area contributed by atoms with Crippen LogP contribution in [0.15, 0.2) is 22.1 Å². The summed E-state index contributed by atoms with van der Waals surface area (Å²) in [4.78, 5) is 30.1. The van der Waals surface area contributed by atoms with Gasteiger partial charge in [0.1, 0.15) is 11.5 Å². The van der Waals surface area contributed by atoms with Gasteiger partial charge in [0.25, 0.3) is 0 Å². The number of ketones is 1. The van der Waals surface area contributed by atoms with Gasteiger partial charge in [-0.2, -0.15) is 0 Å². The van der Waals surface area contributed by atoms with E-state index in [0.29, 0.717) is 30.1 Å². The zero-order valence-electron chi connectivity index (χ0n) is 39.1. The van der Waals surface area contributed by atoms with E-state index in [1.54, 1.807) is 0 Å². The van der Waals surface area contributed by atoms with Crippen LogP contribution < -0.4 is 0 Å². The summed E-state index contributed by atoms with van der Waals surface area (Å²) in [5.74, 6) is 3.45. The molecule has 1 aromatic heterocycles. The maximum atomic E-state index is 15.4. The summed E-state index contributed by atoms with van der Waals surface area (Å²) in [6.45, 7) is 41.0. The largest absolute Gasteiger partial charge is 0.462 e. The summed E-state index contributed by atoms with van der Waals surface area (Å²) in [6.07, 6.45) is 15.3. The van der Waals surface area contributed by atoms with Gasteiger partial charge in [-0.25, -0.2) is 0 Å². The lowest BCUT2D eigenvalue weighted by Gasteiger charge is -2.60. The molecule has 0 saturated heterocycles. The minimum absolute atomic E-state index is 0.0374. The molecule has 0 aliphatic heterocycles. The molecule has 0 saturated carbocycles. The van der Waals surface area contributed by atoms with Crippen LogP contribution >= 0.6 is 0 Å². The molecule has 0 spiro atoms. The van der Waals surface area contributed by atoms with Crippen LogP contribution in [-0.4, -0.2) is 17.9 Å². The van der Waals surface area contributed by atoms with Crippen molar-refractivity contribution >= 4 is 17.8 Å². The van der Waals surface area contributed by atoms with Gasteiger partial charge >= 0.3 is 5.97 Å². The van der Waals surface area contributed by atoms with E-state index in [2.05, 4.69) is 118 Å². The fourth-order valence-electron chi connectivity index (χ4n) is 10.2. The van der Waals surface area contributed by atoms with E-state index in [1.807, 2.05) is 25.1 Å². The predicted octanol–water partition coefficient (Wildman–Crippen LogP) is 15.5. The van der Waals surface area contributed by atoms with Gasteiger partial charge in [-0.1, -0.05) is 162 Å². The molecule has 0 radical (unpaired) electrons. The van der Waals surface area contributed by atoms with E-state index in [4.69, 9.17) is 9.15 Å². The highest BCUT2D eigenvalue weighted by atomic mass is 16.5. The Kier molecular flexibility index (Phi) is 20.6. The van der Waals surface area contributed by atoms with Crippen molar-refractivity contribution in [3.8, 4) is 0 Å². The Morgan fingerprint density at radius 3 is 1.76 bits per heavy atom. The zero-order valence-corrected chi connectivity index (χ0v) is 39.1. The maximum Gasteiger partial charge on any atom is 0.312 e. The van der Waals surface area contributed by atoms with Gasteiger partial charge in [-0.15, -0.1) is 0 Å². The fraction of sp³-hybridized carbons (Fsp3) is 0.840. The van der Waals surface area contributed by atoms with Crippen molar-refractivity contribution in [1.29, 1.82) is 0 Å². The molecule has 0 aliphatic carbocycles. The van der Waals surface area contributed by atoms with E-state index < -0.39 is 10.8 Å². The number of unbranched alkanes of at least 4 members (excludes halogenated alkanes) is 3. The minimum atomic E-state index is -0.685. The van der Waals surface area contributed by atoms with Crippen LogP contribution in [0.4, 0.5) is 0 Å². The first-order valence-corrected chi connectivity index (χ1v) is 22.6. The van der Waals surface area contributed by atoms with Crippen molar-refractivity contribution in [3.05, 3.63) is 29.2 Å². The minimum Gasteiger partial charge on any atom is -0.462 e. The second-order valence-electron chi connectivity index (χ2n) is 20.0. The van der Waals surface area contributed by atoms with Crippen LogP contribution in [-0.2, 0) is 14.3 Å². The molecule has 0 bridgehead atoms. The normalized spacial score (nSPS) is 17.8. The average molecular weight is 755 g/mol. The van der Waals surface area contributed by atoms with Crippen LogP contribution in [0.1, 0.15) is 213 Å². The second kappa shape index (κ2) is 22.2. The molecule has 0 N–H and O–H groups in total. The van der Waals surface area contributed by atoms with E-state index in [9.17, 15) is 4.79 Å². The first-order chi connectivity index (χ1) is 25.0. The number of carbonyl (C=O) groups excluding carboxylic acids is 2. The van der Waals surface area contributed by atoms with Crippen molar-refractivity contribution in [2.45, 2.75) is 214 Å². The van der Waals surface area contributed by atoms with Gasteiger partial charge < -0.3 is 9.15 Å². The fourth-order valence-corrected chi connectivity index (χ4v) is 10.2. The molecule has 1 rings (SSSR count). The number of rotatable bonds is 27. The first kappa shape index (κ1) is 50.2. The highest BCUT2D eigenvalue weighted by molar-refractivity contribution is 6.03. The molecule has 314 valence electrons. The molecule has 0 aromatic carbocycles. The number of furan rings is 1. The Labute approximate surface area is 336 Å². The Hall–Kier alpha value is -1.84. The van der Waals surface area contributed by atoms with Crippen LogP contribution in [0, 0.1) is 64.1 Å². The lowest BCUT2D eigenvalue weighted by molar-refractivity contribution is -0.182. The van der Waals surface area contributed by atoms with Gasteiger partial charge in [0, 0.05) is 5.41 Å². The lowest BCUT2D eigenvalue weighted by Crippen LogP contribution is -2.58. The molecule has 1 heterocycles. The van der Waals surface area contributed by atoms with Crippen LogP contribution in [0.25, 0.3) is 6.08 Å². The molecule has 7 atom stereocenters. The maximum absolute atomic E-state index is 15.4. The van der Waals surface area contributed by atoms with Gasteiger partial charge in [0.05, 0.1) is 11.5 Å². The van der Waals surface area contributed by atoms with Crippen LogP contribution in [0.3, 0.4) is 0 Å². The summed E-state index contributed by atoms with van der Waals surface area (Å²) in [6, 6.07) is 3.99. The predicted molar refractivity (Wildman–Crippen MR) is 233 cm³/mol. The van der Waals surface area contributed by atoms with Crippen LogP contribution in [0.2, 0.25) is 0 Å².